The van der Waals surface area contributed by atoms with Gasteiger partial charge in [-0.3, -0.25) is 0 Å². The first-order valence-electron chi connectivity index (χ1n) is 4.78. The lowest BCUT2D eigenvalue weighted by Crippen LogP contribution is -2.18. The van der Waals surface area contributed by atoms with Crippen LogP contribution in [0.15, 0.2) is 30.3 Å². The molecule has 2 nitrogen and oxygen atoms in total. The van der Waals surface area contributed by atoms with Crippen LogP contribution in [0.5, 0.6) is 0 Å². The van der Waals surface area contributed by atoms with Crippen molar-refractivity contribution in [1.82, 2.24) is 5.06 Å². The fraction of sp³-hybridized carbons (Fsp3) is 0.455. The van der Waals surface area contributed by atoms with Gasteiger partial charge in [0.2, 0.25) is 0 Å². The molecule has 1 aliphatic rings. The van der Waals surface area contributed by atoms with Crippen LogP contribution in [-0.2, 0) is 0 Å². The molecule has 0 aromatic heterocycles. The van der Waals surface area contributed by atoms with Crippen molar-refractivity contribution in [2.75, 3.05) is 6.54 Å². The molecule has 1 fully saturated rings. The molecule has 0 bridgehead atoms. The van der Waals surface area contributed by atoms with Gasteiger partial charge in [-0.1, -0.05) is 37.3 Å². The summed E-state index contributed by atoms with van der Waals surface area (Å²) in [6.07, 6.45) is 1.06. The highest BCUT2D eigenvalue weighted by atomic mass is 16.5. The Morgan fingerprint density at radius 1 is 1.31 bits per heavy atom. The van der Waals surface area contributed by atoms with Crippen molar-refractivity contribution in [3.8, 4) is 0 Å². The first-order chi connectivity index (χ1) is 6.27. The second kappa shape index (κ2) is 3.48. The average molecular weight is 177 g/mol. The van der Waals surface area contributed by atoms with Crippen molar-refractivity contribution >= 4 is 0 Å². The van der Waals surface area contributed by atoms with Crippen molar-refractivity contribution < 1.29 is 5.21 Å². The van der Waals surface area contributed by atoms with E-state index in [0.29, 0.717) is 5.92 Å². The molecule has 1 heterocycles. The summed E-state index contributed by atoms with van der Waals surface area (Å²) in [7, 11) is 0. The summed E-state index contributed by atoms with van der Waals surface area (Å²) < 4.78 is 0. The Balaban J connectivity index is 2.18. The fourth-order valence-corrected chi connectivity index (χ4v) is 2.01. The zero-order valence-corrected chi connectivity index (χ0v) is 7.85. The molecule has 2 heteroatoms. The molecule has 13 heavy (non-hydrogen) atoms. The minimum atomic E-state index is 0.205. The van der Waals surface area contributed by atoms with E-state index in [1.165, 1.54) is 10.6 Å². The number of rotatable bonds is 1. The summed E-state index contributed by atoms with van der Waals surface area (Å²) >= 11 is 0. The Labute approximate surface area is 78.8 Å². The van der Waals surface area contributed by atoms with Gasteiger partial charge in [-0.05, 0) is 17.9 Å². The van der Waals surface area contributed by atoms with Gasteiger partial charge < -0.3 is 5.21 Å². The van der Waals surface area contributed by atoms with Gasteiger partial charge in [0, 0.05) is 6.54 Å². The lowest BCUT2D eigenvalue weighted by Gasteiger charge is -2.17. The molecule has 0 unspecified atom stereocenters. The first-order valence-corrected chi connectivity index (χ1v) is 4.78. The van der Waals surface area contributed by atoms with Crippen LogP contribution in [0.25, 0.3) is 0 Å². The molecule has 2 atom stereocenters. The van der Waals surface area contributed by atoms with E-state index in [4.69, 9.17) is 0 Å². The van der Waals surface area contributed by atoms with Gasteiger partial charge in [0.05, 0.1) is 6.04 Å². The third kappa shape index (κ3) is 1.74. The Bertz CT molecular complexity index is 273. The normalized spacial score (nSPS) is 29.4. The SMILES string of the molecule is C[C@@H]1C[C@@H](c2ccccc2)N(O)C1. The minimum absolute atomic E-state index is 0.205. The number of hydrogen-bond acceptors (Lipinski definition) is 2. The van der Waals surface area contributed by atoms with Crippen molar-refractivity contribution in [1.29, 1.82) is 0 Å². The lowest BCUT2D eigenvalue weighted by molar-refractivity contribution is -0.105. The molecule has 0 radical (unpaired) electrons. The van der Waals surface area contributed by atoms with E-state index in [-0.39, 0.29) is 6.04 Å². The van der Waals surface area contributed by atoms with Crippen LogP contribution >= 0.6 is 0 Å². The van der Waals surface area contributed by atoms with Crippen LogP contribution in [-0.4, -0.2) is 16.8 Å². The molecule has 1 saturated heterocycles. The molecule has 0 saturated carbocycles. The molecule has 1 N–H and O–H groups in total. The number of benzene rings is 1. The third-order valence-corrected chi connectivity index (χ3v) is 2.67. The Kier molecular flexibility index (Phi) is 2.34. The maximum absolute atomic E-state index is 9.65. The zero-order valence-electron chi connectivity index (χ0n) is 7.85. The van der Waals surface area contributed by atoms with Crippen molar-refractivity contribution in [2.45, 2.75) is 19.4 Å². The molecule has 1 aliphatic heterocycles. The summed E-state index contributed by atoms with van der Waals surface area (Å²) in [6.45, 7) is 2.96. The highest BCUT2D eigenvalue weighted by Gasteiger charge is 2.29. The number of nitrogens with zero attached hydrogens (tertiary/aromatic N) is 1. The number of hydroxylamine groups is 2. The lowest BCUT2D eigenvalue weighted by atomic mass is 10.0. The van der Waals surface area contributed by atoms with Crippen molar-refractivity contribution in [3.63, 3.8) is 0 Å². The maximum atomic E-state index is 9.65. The predicted molar refractivity (Wildman–Crippen MR) is 51.5 cm³/mol. The standard InChI is InChI=1S/C11H15NO/c1-9-7-11(12(13)8-9)10-5-3-2-4-6-10/h2-6,9,11,13H,7-8H2,1H3/t9-,11+/m1/s1. The van der Waals surface area contributed by atoms with Crippen LogP contribution < -0.4 is 0 Å². The van der Waals surface area contributed by atoms with Crippen molar-refractivity contribution in [3.05, 3.63) is 35.9 Å². The fourth-order valence-electron chi connectivity index (χ4n) is 2.01. The van der Waals surface area contributed by atoms with E-state index in [0.717, 1.165) is 13.0 Å². The first kappa shape index (κ1) is 8.73. The summed E-state index contributed by atoms with van der Waals surface area (Å²) in [5, 5.41) is 11.1. The Morgan fingerprint density at radius 2 is 2.00 bits per heavy atom. The average Bonchev–Trinajstić information content (AvgIpc) is 2.47. The van der Waals surface area contributed by atoms with Gasteiger partial charge in [0.15, 0.2) is 0 Å². The molecule has 0 aliphatic carbocycles. The van der Waals surface area contributed by atoms with Crippen LogP contribution in [0, 0.1) is 5.92 Å². The smallest absolute Gasteiger partial charge is 0.0602 e. The zero-order chi connectivity index (χ0) is 9.26. The largest absolute Gasteiger partial charge is 0.313 e. The van der Waals surface area contributed by atoms with Crippen LogP contribution in [0.3, 0.4) is 0 Å². The Morgan fingerprint density at radius 3 is 2.54 bits per heavy atom. The second-order valence-corrected chi connectivity index (χ2v) is 3.89. The van der Waals surface area contributed by atoms with Gasteiger partial charge in [-0.2, -0.15) is 5.06 Å². The predicted octanol–water partition coefficient (Wildman–Crippen LogP) is 2.46. The van der Waals surface area contributed by atoms with Crippen LogP contribution in [0.4, 0.5) is 0 Å². The number of hydrogen-bond donors (Lipinski definition) is 1. The maximum Gasteiger partial charge on any atom is 0.0602 e. The molecule has 0 spiro atoms. The van der Waals surface area contributed by atoms with Crippen molar-refractivity contribution in [2.24, 2.45) is 5.92 Å². The second-order valence-electron chi connectivity index (χ2n) is 3.89. The van der Waals surface area contributed by atoms with E-state index in [1.807, 2.05) is 18.2 Å². The van der Waals surface area contributed by atoms with E-state index >= 15 is 0 Å². The van der Waals surface area contributed by atoms with Gasteiger partial charge in [0.1, 0.15) is 0 Å². The van der Waals surface area contributed by atoms with E-state index in [9.17, 15) is 5.21 Å². The molecular weight excluding hydrogens is 162 g/mol. The van der Waals surface area contributed by atoms with Gasteiger partial charge in [-0.25, -0.2) is 0 Å². The highest BCUT2D eigenvalue weighted by Crippen LogP contribution is 2.33. The van der Waals surface area contributed by atoms with Crippen LogP contribution in [0.2, 0.25) is 0 Å². The monoisotopic (exact) mass is 177 g/mol. The topological polar surface area (TPSA) is 23.5 Å². The summed E-state index contributed by atoms with van der Waals surface area (Å²) in [6, 6.07) is 10.4. The molecule has 70 valence electrons. The summed E-state index contributed by atoms with van der Waals surface area (Å²) in [4.78, 5) is 0. The van der Waals surface area contributed by atoms with E-state index in [1.54, 1.807) is 0 Å². The van der Waals surface area contributed by atoms with E-state index in [2.05, 4.69) is 19.1 Å². The molecule has 1 aromatic carbocycles. The molecular formula is C11H15NO. The summed E-state index contributed by atoms with van der Waals surface area (Å²) in [5.41, 5.74) is 1.22. The van der Waals surface area contributed by atoms with Gasteiger partial charge >= 0.3 is 0 Å². The quantitative estimate of drug-likeness (QED) is 0.712. The van der Waals surface area contributed by atoms with Gasteiger partial charge in [0.25, 0.3) is 0 Å². The van der Waals surface area contributed by atoms with Crippen LogP contribution in [0.1, 0.15) is 24.9 Å². The minimum Gasteiger partial charge on any atom is -0.313 e. The Hall–Kier alpha value is -0.860. The highest BCUT2D eigenvalue weighted by molar-refractivity contribution is 5.19. The third-order valence-electron chi connectivity index (χ3n) is 2.67. The molecule has 1 aromatic rings. The summed E-state index contributed by atoms with van der Waals surface area (Å²) in [5.74, 6) is 0.593. The molecule has 0 amide bonds. The van der Waals surface area contributed by atoms with Gasteiger partial charge in [-0.15, -0.1) is 0 Å². The molecule has 2 rings (SSSR count). The van der Waals surface area contributed by atoms with E-state index < -0.39 is 0 Å².